The van der Waals surface area contributed by atoms with Crippen LogP contribution in [0.15, 0.2) is 11.6 Å². The number of rotatable bonds is 0. The summed E-state index contributed by atoms with van der Waals surface area (Å²) >= 11 is 0. The Balaban J connectivity index is 2.19. The summed E-state index contributed by atoms with van der Waals surface area (Å²) in [5, 5.41) is 19.5. The summed E-state index contributed by atoms with van der Waals surface area (Å²) in [6, 6.07) is 0. The molecule has 0 saturated heterocycles. The van der Waals surface area contributed by atoms with Crippen LogP contribution in [0.25, 0.3) is 0 Å². The van der Waals surface area contributed by atoms with Gasteiger partial charge in [-0.15, -0.1) is 0 Å². The zero-order chi connectivity index (χ0) is 8.72. The van der Waals surface area contributed by atoms with Gasteiger partial charge in [-0.25, -0.2) is 0 Å². The molecular weight excluding hydrogens is 156 g/mol. The molecule has 0 heterocycles. The lowest BCUT2D eigenvalue weighted by atomic mass is 9.88. The number of aliphatic hydroxyl groups is 2. The van der Waals surface area contributed by atoms with Crippen LogP contribution in [0.3, 0.4) is 0 Å². The number of fused-ring (bicyclic) bond motifs is 1. The fourth-order valence-corrected chi connectivity index (χ4v) is 2.82. The molecule has 2 fully saturated rings. The Labute approximate surface area is 69.7 Å². The summed E-state index contributed by atoms with van der Waals surface area (Å²) in [4.78, 5) is 11.2. The van der Waals surface area contributed by atoms with Gasteiger partial charge in [-0.05, 0) is 13.3 Å². The fourth-order valence-electron chi connectivity index (χ4n) is 2.82. The van der Waals surface area contributed by atoms with Crippen molar-refractivity contribution >= 4 is 5.78 Å². The van der Waals surface area contributed by atoms with Crippen LogP contribution in [0, 0.1) is 11.3 Å². The van der Waals surface area contributed by atoms with Gasteiger partial charge >= 0.3 is 0 Å². The quantitative estimate of drug-likeness (QED) is 0.516. The van der Waals surface area contributed by atoms with E-state index in [4.69, 9.17) is 0 Å². The Kier molecular flexibility index (Phi) is 0.795. The minimum atomic E-state index is -1.09. The molecule has 3 aliphatic carbocycles. The second-order valence-electron chi connectivity index (χ2n) is 4.32. The van der Waals surface area contributed by atoms with E-state index < -0.39 is 17.1 Å². The predicted octanol–water partition coefficient (Wildman–Crippen LogP) is -0.373. The second kappa shape index (κ2) is 1.40. The molecule has 4 atom stereocenters. The summed E-state index contributed by atoms with van der Waals surface area (Å²) in [5.41, 5.74) is -0.976. The Morgan fingerprint density at radius 1 is 1.67 bits per heavy atom. The second-order valence-corrected chi connectivity index (χ2v) is 4.32. The molecule has 3 heteroatoms. The van der Waals surface area contributed by atoms with Crippen molar-refractivity contribution in [2.24, 2.45) is 11.3 Å². The van der Waals surface area contributed by atoms with Crippen LogP contribution < -0.4 is 0 Å². The molecular formula is C9H10O3. The number of hydrogen-bond donors (Lipinski definition) is 2. The smallest absolute Gasteiger partial charge is 0.173 e. The van der Waals surface area contributed by atoms with Crippen molar-refractivity contribution in [3.05, 3.63) is 11.6 Å². The molecule has 0 radical (unpaired) electrons. The molecule has 0 aliphatic heterocycles. The molecule has 64 valence electrons. The molecule has 3 aliphatic rings. The summed E-state index contributed by atoms with van der Waals surface area (Å²) in [5.74, 6) is 0.0317. The first-order valence-electron chi connectivity index (χ1n) is 4.19. The third-order valence-electron chi connectivity index (χ3n) is 3.75. The molecule has 2 saturated carbocycles. The van der Waals surface area contributed by atoms with Gasteiger partial charge in [-0.2, -0.15) is 0 Å². The van der Waals surface area contributed by atoms with Gasteiger partial charge in [0.15, 0.2) is 5.78 Å². The van der Waals surface area contributed by atoms with Crippen LogP contribution in [0.5, 0.6) is 0 Å². The predicted molar refractivity (Wildman–Crippen MR) is 40.3 cm³/mol. The highest BCUT2D eigenvalue weighted by Gasteiger charge is 2.77. The van der Waals surface area contributed by atoms with Crippen molar-refractivity contribution in [1.82, 2.24) is 0 Å². The van der Waals surface area contributed by atoms with Gasteiger partial charge in [-0.3, -0.25) is 4.79 Å². The average Bonchev–Trinajstić information content (AvgIpc) is 2.45. The van der Waals surface area contributed by atoms with Crippen molar-refractivity contribution in [2.45, 2.75) is 25.0 Å². The highest BCUT2D eigenvalue weighted by Crippen LogP contribution is 2.69. The average molecular weight is 166 g/mol. The van der Waals surface area contributed by atoms with E-state index in [0.29, 0.717) is 6.42 Å². The van der Waals surface area contributed by atoms with Gasteiger partial charge in [0.1, 0.15) is 6.10 Å². The van der Waals surface area contributed by atoms with E-state index in [1.54, 1.807) is 6.92 Å². The Morgan fingerprint density at radius 2 is 2.33 bits per heavy atom. The maximum atomic E-state index is 11.2. The fraction of sp³-hybridized carbons (Fsp3) is 0.667. The van der Waals surface area contributed by atoms with E-state index in [1.165, 1.54) is 0 Å². The van der Waals surface area contributed by atoms with Crippen molar-refractivity contribution in [2.75, 3.05) is 0 Å². The number of aliphatic hydroxyl groups excluding tert-OH is 1. The first kappa shape index (κ1) is 6.80. The monoisotopic (exact) mass is 166 g/mol. The van der Waals surface area contributed by atoms with Crippen molar-refractivity contribution < 1.29 is 15.0 Å². The summed E-state index contributed by atoms with van der Waals surface area (Å²) in [6.45, 7) is 1.61. The zero-order valence-corrected chi connectivity index (χ0v) is 6.74. The van der Waals surface area contributed by atoms with Crippen LogP contribution in [0.2, 0.25) is 0 Å². The normalized spacial score (nSPS) is 60.2. The first-order valence-corrected chi connectivity index (χ1v) is 4.19. The standard InChI is InChI=1S/C9H10O3/c1-8(12)4-2-5-6(10)9(5,3-4)7(8)11/h2,4,7,11-12H,3H2,1H3. The van der Waals surface area contributed by atoms with E-state index in [0.717, 1.165) is 5.57 Å². The number of Topliss-reactive ketones (excluding diaryl/α,β-unsaturated/α-hetero) is 1. The third-order valence-corrected chi connectivity index (χ3v) is 3.75. The van der Waals surface area contributed by atoms with Crippen LogP contribution in [0.4, 0.5) is 0 Å². The molecule has 3 rings (SSSR count). The Hall–Kier alpha value is -0.670. The molecule has 0 aromatic rings. The molecule has 0 aromatic carbocycles. The van der Waals surface area contributed by atoms with Crippen LogP contribution in [-0.4, -0.2) is 27.7 Å². The van der Waals surface area contributed by atoms with E-state index >= 15 is 0 Å². The van der Waals surface area contributed by atoms with Gasteiger partial charge in [0.25, 0.3) is 0 Å². The summed E-state index contributed by atoms with van der Waals surface area (Å²) in [6.07, 6.45) is 1.58. The van der Waals surface area contributed by atoms with E-state index in [9.17, 15) is 15.0 Å². The van der Waals surface area contributed by atoms with Crippen molar-refractivity contribution in [3.8, 4) is 0 Å². The number of hydrogen-bond acceptors (Lipinski definition) is 3. The molecule has 0 amide bonds. The highest BCUT2D eigenvalue weighted by atomic mass is 16.3. The highest BCUT2D eigenvalue weighted by molar-refractivity contribution is 6.23. The molecule has 0 aromatic heterocycles. The van der Waals surface area contributed by atoms with Gasteiger partial charge in [0.2, 0.25) is 0 Å². The Bertz CT molecular complexity index is 329. The maximum Gasteiger partial charge on any atom is 0.173 e. The van der Waals surface area contributed by atoms with Crippen LogP contribution >= 0.6 is 0 Å². The SMILES string of the molecule is CC1(O)C2C=C3C(=O)C3(C2)C1O. The molecule has 4 unspecified atom stereocenters. The van der Waals surface area contributed by atoms with E-state index in [2.05, 4.69) is 0 Å². The largest absolute Gasteiger partial charge is 0.389 e. The molecule has 1 spiro atoms. The van der Waals surface area contributed by atoms with Crippen molar-refractivity contribution in [3.63, 3.8) is 0 Å². The van der Waals surface area contributed by atoms with Gasteiger partial charge in [-0.1, -0.05) is 6.08 Å². The van der Waals surface area contributed by atoms with E-state index in [-0.39, 0.29) is 11.7 Å². The third kappa shape index (κ3) is 0.398. The number of carbonyl (C=O) groups is 1. The maximum absolute atomic E-state index is 11.2. The molecule has 2 N–H and O–H groups in total. The zero-order valence-electron chi connectivity index (χ0n) is 6.74. The van der Waals surface area contributed by atoms with Gasteiger partial charge in [0.05, 0.1) is 11.0 Å². The molecule has 3 nitrogen and oxygen atoms in total. The van der Waals surface area contributed by atoms with Crippen molar-refractivity contribution in [1.29, 1.82) is 0 Å². The number of carbonyl (C=O) groups excluding carboxylic acids is 1. The minimum absolute atomic E-state index is 0.0137. The topological polar surface area (TPSA) is 57.5 Å². The van der Waals surface area contributed by atoms with Gasteiger partial charge < -0.3 is 10.2 Å². The van der Waals surface area contributed by atoms with Gasteiger partial charge in [0, 0.05) is 11.5 Å². The first-order chi connectivity index (χ1) is 5.51. The lowest BCUT2D eigenvalue weighted by molar-refractivity contribution is -0.118. The Morgan fingerprint density at radius 3 is 2.83 bits per heavy atom. The van der Waals surface area contributed by atoms with Crippen LogP contribution in [0.1, 0.15) is 13.3 Å². The summed E-state index contributed by atoms with van der Waals surface area (Å²) in [7, 11) is 0. The lowest BCUT2D eigenvalue weighted by Crippen LogP contribution is -2.43. The molecule has 12 heavy (non-hydrogen) atoms. The number of ketones is 1. The lowest BCUT2D eigenvalue weighted by Gasteiger charge is -2.28. The van der Waals surface area contributed by atoms with Crippen LogP contribution in [-0.2, 0) is 4.79 Å². The van der Waals surface area contributed by atoms with E-state index in [1.807, 2.05) is 6.08 Å². The minimum Gasteiger partial charge on any atom is -0.389 e. The molecule has 2 bridgehead atoms. The summed E-state index contributed by atoms with van der Waals surface area (Å²) < 4.78 is 0.